The summed E-state index contributed by atoms with van der Waals surface area (Å²) in [5, 5.41) is 7.98. The summed E-state index contributed by atoms with van der Waals surface area (Å²) in [6.45, 7) is 5.17. The topological polar surface area (TPSA) is 70.2 Å². The number of halogens is 1. The summed E-state index contributed by atoms with van der Waals surface area (Å²) in [5.41, 5.74) is 2.83. The fourth-order valence-corrected chi connectivity index (χ4v) is 3.47. The summed E-state index contributed by atoms with van der Waals surface area (Å²) in [7, 11) is 1.65. The number of hydrogen-bond acceptors (Lipinski definition) is 6. The van der Waals surface area contributed by atoms with Gasteiger partial charge in [0.15, 0.2) is 5.78 Å². The number of carbonyl (C=O) groups excluding carboxylic acids is 1. The Morgan fingerprint density at radius 1 is 1.30 bits per heavy atom. The zero-order valence-electron chi connectivity index (χ0n) is 15.4. The number of aryl methyl sites for hydroxylation is 1. The van der Waals surface area contributed by atoms with Gasteiger partial charge in [-0.25, -0.2) is 4.39 Å². The van der Waals surface area contributed by atoms with E-state index in [0.29, 0.717) is 18.7 Å². The minimum Gasteiger partial charge on any atom is -0.411 e. The molecular formula is C19H20FN3O3S. The summed E-state index contributed by atoms with van der Waals surface area (Å²) in [4.78, 5) is 12.6. The molecule has 142 valence electrons. The van der Waals surface area contributed by atoms with Crippen LogP contribution in [0.5, 0.6) is 0 Å². The fourth-order valence-electron chi connectivity index (χ4n) is 2.83. The molecule has 3 rings (SSSR count). The molecule has 0 spiro atoms. The van der Waals surface area contributed by atoms with Crippen molar-refractivity contribution in [2.75, 3.05) is 19.5 Å². The Hall–Kier alpha value is -2.45. The van der Waals surface area contributed by atoms with Crippen LogP contribution in [0, 0.1) is 19.7 Å². The van der Waals surface area contributed by atoms with Crippen LogP contribution in [0.2, 0.25) is 0 Å². The first-order valence-electron chi connectivity index (χ1n) is 8.41. The van der Waals surface area contributed by atoms with E-state index in [9.17, 15) is 9.18 Å². The zero-order valence-corrected chi connectivity index (χ0v) is 16.2. The number of ether oxygens (including phenoxy) is 1. The Kier molecular flexibility index (Phi) is 6.08. The molecule has 0 fully saturated rings. The molecule has 2 aromatic heterocycles. The van der Waals surface area contributed by atoms with Gasteiger partial charge in [0.25, 0.3) is 11.1 Å². The summed E-state index contributed by atoms with van der Waals surface area (Å²) in [6, 6.07) is 8.06. The van der Waals surface area contributed by atoms with Crippen LogP contribution in [0.4, 0.5) is 4.39 Å². The van der Waals surface area contributed by atoms with Gasteiger partial charge in [-0.1, -0.05) is 23.9 Å². The van der Waals surface area contributed by atoms with Crippen molar-refractivity contribution < 1.29 is 18.3 Å². The Morgan fingerprint density at radius 3 is 2.81 bits per heavy atom. The number of rotatable bonds is 8. The highest BCUT2D eigenvalue weighted by molar-refractivity contribution is 7.99. The molecule has 0 unspecified atom stereocenters. The predicted molar refractivity (Wildman–Crippen MR) is 101 cm³/mol. The Labute approximate surface area is 160 Å². The van der Waals surface area contributed by atoms with E-state index >= 15 is 0 Å². The van der Waals surface area contributed by atoms with Gasteiger partial charge in [0, 0.05) is 30.6 Å². The highest BCUT2D eigenvalue weighted by Gasteiger charge is 2.18. The number of Topliss-reactive ketones (excluding diaryl/α,β-unsaturated/α-hetero) is 1. The molecule has 0 radical (unpaired) electrons. The third-order valence-corrected chi connectivity index (χ3v) is 5.05. The van der Waals surface area contributed by atoms with Gasteiger partial charge >= 0.3 is 0 Å². The van der Waals surface area contributed by atoms with Gasteiger partial charge in [-0.15, -0.1) is 10.2 Å². The molecule has 0 saturated carbocycles. The van der Waals surface area contributed by atoms with Crippen LogP contribution in [0.3, 0.4) is 0 Å². The lowest BCUT2D eigenvalue weighted by atomic mass is 10.2. The quantitative estimate of drug-likeness (QED) is 0.430. The number of nitrogens with zero attached hydrogens (tertiary/aromatic N) is 3. The number of benzene rings is 1. The van der Waals surface area contributed by atoms with Crippen molar-refractivity contribution in [2.24, 2.45) is 0 Å². The summed E-state index contributed by atoms with van der Waals surface area (Å²) >= 11 is 1.14. The third-order valence-electron chi connectivity index (χ3n) is 4.23. The minimum absolute atomic E-state index is 0.0255. The molecule has 0 aliphatic heterocycles. The Bertz CT molecular complexity index is 952. The Balaban J connectivity index is 1.67. The molecule has 27 heavy (non-hydrogen) atoms. The molecular weight excluding hydrogens is 369 g/mol. The van der Waals surface area contributed by atoms with E-state index in [4.69, 9.17) is 9.15 Å². The SMILES string of the molecule is COCCn1c(C)cc(C(=O)CSc2nnc(-c3ccccc3F)o2)c1C. The van der Waals surface area contributed by atoms with Gasteiger partial charge in [-0.05, 0) is 32.0 Å². The molecule has 2 heterocycles. The van der Waals surface area contributed by atoms with Crippen LogP contribution in [0.15, 0.2) is 40.0 Å². The number of methoxy groups -OCH3 is 1. The van der Waals surface area contributed by atoms with E-state index < -0.39 is 5.82 Å². The van der Waals surface area contributed by atoms with Crippen molar-refractivity contribution in [3.8, 4) is 11.5 Å². The number of aromatic nitrogens is 3. The van der Waals surface area contributed by atoms with Crippen LogP contribution in [0.1, 0.15) is 21.7 Å². The van der Waals surface area contributed by atoms with Crippen LogP contribution in [-0.2, 0) is 11.3 Å². The zero-order chi connectivity index (χ0) is 19.4. The van der Waals surface area contributed by atoms with Crippen molar-refractivity contribution in [2.45, 2.75) is 25.6 Å². The van der Waals surface area contributed by atoms with E-state index in [2.05, 4.69) is 14.8 Å². The van der Waals surface area contributed by atoms with E-state index in [1.807, 2.05) is 19.9 Å². The standard InChI is InChI=1S/C19H20FN3O3S/c1-12-10-15(13(2)23(12)8-9-25-3)17(24)11-27-19-22-21-18(26-19)14-6-4-5-7-16(14)20/h4-7,10H,8-9,11H2,1-3H3. The first-order valence-corrected chi connectivity index (χ1v) is 9.40. The summed E-state index contributed by atoms with van der Waals surface area (Å²) in [6.07, 6.45) is 0. The highest BCUT2D eigenvalue weighted by Crippen LogP contribution is 2.26. The van der Waals surface area contributed by atoms with E-state index in [-0.39, 0.29) is 28.2 Å². The van der Waals surface area contributed by atoms with Gasteiger partial charge in [-0.3, -0.25) is 4.79 Å². The summed E-state index contributed by atoms with van der Waals surface area (Å²) in [5.74, 6) is -0.200. The molecule has 1 aromatic carbocycles. The normalized spacial score (nSPS) is 11.1. The lowest BCUT2D eigenvalue weighted by molar-refractivity contribution is 0.102. The molecule has 0 N–H and O–H groups in total. The third kappa shape index (κ3) is 4.28. The monoisotopic (exact) mass is 389 g/mol. The lowest BCUT2D eigenvalue weighted by Gasteiger charge is -2.08. The van der Waals surface area contributed by atoms with Gasteiger partial charge in [-0.2, -0.15) is 0 Å². The number of carbonyl (C=O) groups is 1. The van der Waals surface area contributed by atoms with Crippen molar-refractivity contribution in [3.63, 3.8) is 0 Å². The first kappa shape index (κ1) is 19.3. The molecule has 8 heteroatoms. The molecule has 3 aromatic rings. The van der Waals surface area contributed by atoms with Gasteiger partial charge < -0.3 is 13.7 Å². The fraction of sp³-hybridized carbons (Fsp3) is 0.316. The molecule has 0 aliphatic carbocycles. The van der Waals surface area contributed by atoms with Gasteiger partial charge in [0.05, 0.1) is 17.9 Å². The van der Waals surface area contributed by atoms with Crippen molar-refractivity contribution in [1.82, 2.24) is 14.8 Å². The maximum atomic E-state index is 13.8. The van der Waals surface area contributed by atoms with Crippen LogP contribution in [0.25, 0.3) is 11.5 Å². The second-order valence-electron chi connectivity index (χ2n) is 5.99. The number of hydrogen-bond donors (Lipinski definition) is 0. The van der Waals surface area contributed by atoms with Gasteiger partial charge in [0.2, 0.25) is 0 Å². The minimum atomic E-state index is -0.433. The summed E-state index contributed by atoms with van der Waals surface area (Å²) < 4.78 is 26.4. The molecule has 0 saturated heterocycles. The largest absolute Gasteiger partial charge is 0.411 e. The second kappa shape index (κ2) is 8.49. The van der Waals surface area contributed by atoms with E-state index in [1.54, 1.807) is 25.3 Å². The van der Waals surface area contributed by atoms with Crippen LogP contribution >= 0.6 is 11.8 Å². The molecule has 0 bridgehead atoms. The lowest BCUT2D eigenvalue weighted by Crippen LogP contribution is -2.09. The van der Waals surface area contributed by atoms with Crippen LogP contribution < -0.4 is 0 Å². The van der Waals surface area contributed by atoms with Crippen molar-refractivity contribution >= 4 is 17.5 Å². The van der Waals surface area contributed by atoms with Crippen molar-refractivity contribution in [3.05, 3.63) is 53.1 Å². The highest BCUT2D eigenvalue weighted by atomic mass is 32.2. The predicted octanol–water partition coefficient (Wildman–Crippen LogP) is 3.92. The molecule has 0 atom stereocenters. The smallest absolute Gasteiger partial charge is 0.277 e. The average Bonchev–Trinajstić information content (AvgIpc) is 3.23. The molecule has 0 amide bonds. The van der Waals surface area contributed by atoms with E-state index in [1.165, 1.54) is 6.07 Å². The maximum Gasteiger partial charge on any atom is 0.277 e. The van der Waals surface area contributed by atoms with E-state index in [0.717, 1.165) is 23.1 Å². The number of ketones is 1. The maximum absolute atomic E-state index is 13.8. The Morgan fingerprint density at radius 2 is 2.07 bits per heavy atom. The van der Waals surface area contributed by atoms with Crippen molar-refractivity contribution in [1.29, 1.82) is 0 Å². The van der Waals surface area contributed by atoms with Crippen LogP contribution in [-0.4, -0.2) is 40.0 Å². The molecule has 0 aliphatic rings. The molecule has 6 nitrogen and oxygen atoms in total. The second-order valence-corrected chi connectivity index (χ2v) is 6.92. The van der Waals surface area contributed by atoms with Gasteiger partial charge in [0.1, 0.15) is 5.82 Å². The average molecular weight is 389 g/mol. The first-order chi connectivity index (χ1) is 13.0. The number of thioether (sulfide) groups is 1.